The molecule has 0 unspecified atom stereocenters. The summed E-state index contributed by atoms with van der Waals surface area (Å²) in [5.74, 6) is -1.39. The van der Waals surface area contributed by atoms with Crippen molar-refractivity contribution in [1.82, 2.24) is 4.90 Å². The van der Waals surface area contributed by atoms with Crippen LogP contribution in [0.3, 0.4) is 0 Å². The van der Waals surface area contributed by atoms with Crippen LogP contribution in [0, 0.1) is 11.8 Å². The van der Waals surface area contributed by atoms with Crippen LogP contribution in [-0.4, -0.2) is 41.5 Å². The van der Waals surface area contributed by atoms with Gasteiger partial charge in [-0.1, -0.05) is 19.1 Å². The monoisotopic (exact) mass is 276 g/mol. The van der Waals surface area contributed by atoms with Gasteiger partial charge >= 0.3 is 5.97 Å². The molecule has 108 valence electrons. The standard InChI is InChI=1S/C15H20N2O3/c1-10-8-17(9-13(10)15(19)20)14(18)12-4-2-11(3-5-12)6-7-16/h2-5,10,13H,6-9,16H2,1H3,(H,19,20)/t10-,13-/m1/s1. The Bertz CT molecular complexity index is 498. The number of aliphatic carboxylic acids is 1. The molecule has 3 N–H and O–H groups in total. The van der Waals surface area contributed by atoms with Crippen LogP contribution in [0.4, 0.5) is 0 Å². The Balaban J connectivity index is 2.06. The van der Waals surface area contributed by atoms with E-state index in [-0.39, 0.29) is 11.8 Å². The highest BCUT2D eigenvalue weighted by Crippen LogP contribution is 2.24. The lowest BCUT2D eigenvalue weighted by Gasteiger charge is -2.16. The van der Waals surface area contributed by atoms with Gasteiger partial charge in [0.2, 0.25) is 0 Å². The fourth-order valence-corrected chi connectivity index (χ4v) is 2.62. The maximum Gasteiger partial charge on any atom is 0.308 e. The first-order valence-corrected chi connectivity index (χ1v) is 6.84. The largest absolute Gasteiger partial charge is 0.481 e. The molecule has 1 aliphatic rings. The van der Waals surface area contributed by atoms with E-state index in [9.17, 15) is 9.59 Å². The van der Waals surface area contributed by atoms with E-state index in [4.69, 9.17) is 10.8 Å². The molecular weight excluding hydrogens is 256 g/mol. The molecule has 1 fully saturated rings. The summed E-state index contributed by atoms with van der Waals surface area (Å²) >= 11 is 0. The molecule has 1 aromatic rings. The Morgan fingerprint density at radius 1 is 1.30 bits per heavy atom. The van der Waals surface area contributed by atoms with Gasteiger partial charge in [0.1, 0.15) is 0 Å². The van der Waals surface area contributed by atoms with Crippen LogP contribution in [-0.2, 0) is 11.2 Å². The number of carbonyl (C=O) groups excluding carboxylic acids is 1. The number of nitrogens with two attached hydrogens (primary N) is 1. The Labute approximate surface area is 118 Å². The molecule has 0 aromatic heterocycles. The first-order valence-electron chi connectivity index (χ1n) is 6.84. The summed E-state index contributed by atoms with van der Waals surface area (Å²) < 4.78 is 0. The summed E-state index contributed by atoms with van der Waals surface area (Å²) in [6.45, 7) is 3.24. The van der Waals surface area contributed by atoms with E-state index in [0.717, 1.165) is 12.0 Å². The minimum atomic E-state index is -0.828. The molecule has 5 heteroatoms. The Morgan fingerprint density at radius 2 is 1.95 bits per heavy atom. The van der Waals surface area contributed by atoms with Gasteiger partial charge in [0.15, 0.2) is 0 Å². The second-order valence-corrected chi connectivity index (χ2v) is 5.37. The van der Waals surface area contributed by atoms with Gasteiger partial charge in [0.25, 0.3) is 5.91 Å². The summed E-state index contributed by atoms with van der Waals surface area (Å²) in [5.41, 5.74) is 7.19. The van der Waals surface area contributed by atoms with Crippen LogP contribution in [0.2, 0.25) is 0 Å². The van der Waals surface area contributed by atoms with Crippen molar-refractivity contribution in [1.29, 1.82) is 0 Å². The van der Waals surface area contributed by atoms with Gasteiger partial charge in [0, 0.05) is 18.7 Å². The Hall–Kier alpha value is -1.88. The van der Waals surface area contributed by atoms with E-state index in [1.165, 1.54) is 0 Å². The highest BCUT2D eigenvalue weighted by molar-refractivity contribution is 5.94. The number of hydrogen-bond acceptors (Lipinski definition) is 3. The third kappa shape index (κ3) is 2.99. The number of likely N-dealkylation sites (tertiary alicyclic amines) is 1. The zero-order valence-corrected chi connectivity index (χ0v) is 11.6. The quantitative estimate of drug-likeness (QED) is 0.858. The van der Waals surface area contributed by atoms with Gasteiger partial charge in [-0.15, -0.1) is 0 Å². The van der Waals surface area contributed by atoms with Gasteiger partial charge < -0.3 is 15.7 Å². The van der Waals surface area contributed by atoms with Crippen LogP contribution in [0.25, 0.3) is 0 Å². The molecule has 0 saturated carbocycles. The molecule has 5 nitrogen and oxygen atoms in total. The molecule has 20 heavy (non-hydrogen) atoms. The first-order chi connectivity index (χ1) is 9.52. The summed E-state index contributed by atoms with van der Waals surface area (Å²) in [5, 5.41) is 9.10. The lowest BCUT2D eigenvalue weighted by Crippen LogP contribution is -2.29. The normalized spacial score (nSPS) is 22.0. The first kappa shape index (κ1) is 14.5. The van der Waals surface area contributed by atoms with E-state index in [1.807, 2.05) is 19.1 Å². The lowest BCUT2D eigenvalue weighted by molar-refractivity contribution is -0.142. The summed E-state index contributed by atoms with van der Waals surface area (Å²) in [4.78, 5) is 25.0. The van der Waals surface area contributed by atoms with Crippen LogP contribution in [0.15, 0.2) is 24.3 Å². The smallest absolute Gasteiger partial charge is 0.308 e. The minimum Gasteiger partial charge on any atom is -0.481 e. The molecule has 0 bridgehead atoms. The van der Waals surface area contributed by atoms with Crippen molar-refractivity contribution >= 4 is 11.9 Å². The number of carboxylic acid groups (broad SMARTS) is 1. The molecule has 1 saturated heterocycles. The zero-order chi connectivity index (χ0) is 14.7. The molecule has 0 radical (unpaired) electrons. The van der Waals surface area contributed by atoms with Crippen LogP contribution in [0.5, 0.6) is 0 Å². The summed E-state index contributed by atoms with van der Waals surface area (Å²) in [7, 11) is 0. The van der Waals surface area contributed by atoms with Crippen molar-refractivity contribution in [3.05, 3.63) is 35.4 Å². The van der Waals surface area contributed by atoms with Gasteiger partial charge in [-0.3, -0.25) is 9.59 Å². The van der Waals surface area contributed by atoms with E-state index >= 15 is 0 Å². The number of rotatable bonds is 4. The average Bonchev–Trinajstić information content (AvgIpc) is 2.81. The zero-order valence-electron chi connectivity index (χ0n) is 11.6. The van der Waals surface area contributed by atoms with Crippen molar-refractivity contribution in [2.75, 3.05) is 19.6 Å². The van der Waals surface area contributed by atoms with Crippen molar-refractivity contribution in [3.8, 4) is 0 Å². The SMILES string of the molecule is C[C@@H]1CN(C(=O)c2ccc(CCN)cc2)C[C@H]1C(=O)O. The van der Waals surface area contributed by atoms with Gasteiger partial charge in [-0.05, 0) is 36.6 Å². The fraction of sp³-hybridized carbons (Fsp3) is 0.467. The molecule has 1 aliphatic heterocycles. The molecular formula is C15H20N2O3. The summed E-state index contributed by atoms with van der Waals surface area (Å²) in [6.07, 6.45) is 0.788. The molecule has 2 atom stereocenters. The second kappa shape index (κ2) is 6.05. The van der Waals surface area contributed by atoms with E-state index < -0.39 is 11.9 Å². The number of benzene rings is 1. The number of carboxylic acids is 1. The Kier molecular flexibility index (Phi) is 4.39. The highest BCUT2D eigenvalue weighted by atomic mass is 16.4. The maximum atomic E-state index is 12.3. The van der Waals surface area contributed by atoms with Crippen molar-refractivity contribution in [3.63, 3.8) is 0 Å². The van der Waals surface area contributed by atoms with Crippen LogP contribution in [0.1, 0.15) is 22.8 Å². The molecule has 0 aliphatic carbocycles. The molecule has 1 amide bonds. The van der Waals surface area contributed by atoms with Crippen LogP contribution >= 0.6 is 0 Å². The number of hydrogen-bond donors (Lipinski definition) is 2. The van der Waals surface area contributed by atoms with Crippen molar-refractivity contribution in [2.24, 2.45) is 17.6 Å². The second-order valence-electron chi connectivity index (χ2n) is 5.37. The van der Waals surface area contributed by atoms with E-state index in [1.54, 1.807) is 17.0 Å². The van der Waals surface area contributed by atoms with Crippen molar-refractivity contribution < 1.29 is 14.7 Å². The molecule has 2 rings (SSSR count). The van der Waals surface area contributed by atoms with E-state index in [0.29, 0.717) is 25.2 Å². The van der Waals surface area contributed by atoms with Crippen LogP contribution < -0.4 is 5.73 Å². The number of amides is 1. The third-order valence-corrected chi connectivity index (χ3v) is 3.85. The summed E-state index contributed by atoms with van der Waals surface area (Å²) in [6, 6.07) is 7.36. The highest BCUT2D eigenvalue weighted by Gasteiger charge is 2.37. The fourth-order valence-electron chi connectivity index (χ4n) is 2.62. The Morgan fingerprint density at radius 3 is 2.45 bits per heavy atom. The average molecular weight is 276 g/mol. The minimum absolute atomic E-state index is 0.00652. The lowest BCUT2D eigenvalue weighted by atomic mass is 9.99. The molecule has 0 spiro atoms. The topological polar surface area (TPSA) is 83.6 Å². The number of carbonyl (C=O) groups is 2. The van der Waals surface area contributed by atoms with Gasteiger partial charge in [-0.25, -0.2) is 0 Å². The van der Waals surface area contributed by atoms with E-state index in [2.05, 4.69) is 0 Å². The van der Waals surface area contributed by atoms with Crippen molar-refractivity contribution in [2.45, 2.75) is 13.3 Å². The molecule has 1 heterocycles. The van der Waals surface area contributed by atoms with Gasteiger partial charge in [-0.2, -0.15) is 0 Å². The third-order valence-electron chi connectivity index (χ3n) is 3.85. The predicted octanol–water partition coefficient (Wildman–Crippen LogP) is 0.980. The molecule has 1 aromatic carbocycles. The van der Waals surface area contributed by atoms with Gasteiger partial charge in [0.05, 0.1) is 5.92 Å². The maximum absolute atomic E-state index is 12.3. The predicted molar refractivity (Wildman–Crippen MR) is 75.4 cm³/mol. The number of nitrogens with zero attached hydrogens (tertiary/aromatic N) is 1.